The van der Waals surface area contributed by atoms with Crippen LogP contribution in [0.1, 0.15) is 33.1 Å². The predicted octanol–water partition coefficient (Wildman–Crippen LogP) is 1.54. The number of hydrogen-bond donors (Lipinski definition) is 1. The van der Waals surface area contributed by atoms with E-state index >= 15 is 0 Å². The number of rotatable bonds is 8. The first kappa shape index (κ1) is 13.9. The molecule has 16 heavy (non-hydrogen) atoms. The van der Waals surface area contributed by atoms with Crippen molar-refractivity contribution < 1.29 is 14.2 Å². The summed E-state index contributed by atoms with van der Waals surface area (Å²) in [4.78, 5) is 0. The van der Waals surface area contributed by atoms with Gasteiger partial charge in [-0.15, -0.1) is 0 Å². The topological polar surface area (TPSA) is 39.7 Å². The summed E-state index contributed by atoms with van der Waals surface area (Å²) < 4.78 is 16.3. The van der Waals surface area contributed by atoms with Crippen molar-refractivity contribution in [3.05, 3.63) is 0 Å². The average Bonchev–Trinajstić information content (AvgIpc) is 2.31. The van der Waals surface area contributed by atoms with Crippen LogP contribution in [0.15, 0.2) is 0 Å². The van der Waals surface area contributed by atoms with E-state index in [4.69, 9.17) is 14.2 Å². The maximum Gasteiger partial charge on any atom is 0.158 e. The van der Waals surface area contributed by atoms with Crippen molar-refractivity contribution >= 4 is 0 Å². The van der Waals surface area contributed by atoms with Crippen LogP contribution in [-0.4, -0.2) is 45.3 Å². The van der Waals surface area contributed by atoms with Gasteiger partial charge >= 0.3 is 0 Å². The molecular weight excluding hydrogens is 206 g/mol. The predicted molar refractivity (Wildman–Crippen MR) is 63.5 cm³/mol. The molecule has 0 bridgehead atoms. The van der Waals surface area contributed by atoms with Gasteiger partial charge in [0, 0.05) is 45.4 Å². The minimum Gasteiger partial charge on any atom is -0.381 e. The standard InChI is InChI=1S/C12H25NO3/c1-3-15-12(16-4-2)5-8-13-11-6-9-14-10-7-11/h11-13H,3-10H2,1-2H3. The molecule has 1 fully saturated rings. The summed E-state index contributed by atoms with van der Waals surface area (Å²) in [7, 11) is 0. The molecule has 0 saturated carbocycles. The van der Waals surface area contributed by atoms with Crippen molar-refractivity contribution in [2.24, 2.45) is 0 Å². The zero-order chi connectivity index (χ0) is 11.6. The van der Waals surface area contributed by atoms with E-state index in [0.717, 1.165) is 39.0 Å². The van der Waals surface area contributed by atoms with E-state index in [1.807, 2.05) is 13.8 Å². The summed E-state index contributed by atoms with van der Waals surface area (Å²) >= 11 is 0. The molecule has 0 aromatic heterocycles. The number of hydrogen-bond acceptors (Lipinski definition) is 4. The summed E-state index contributed by atoms with van der Waals surface area (Å²) in [6.07, 6.45) is 3.10. The fourth-order valence-corrected chi connectivity index (χ4v) is 1.89. The summed E-state index contributed by atoms with van der Waals surface area (Å²) in [6, 6.07) is 0.609. The molecule has 4 heteroatoms. The zero-order valence-electron chi connectivity index (χ0n) is 10.5. The molecule has 1 N–H and O–H groups in total. The van der Waals surface area contributed by atoms with Gasteiger partial charge < -0.3 is 19.5 Å². The average molecular weight is 231 g/mol. The highest BCUT2D eigenvalue weighted by atomic mass is 16.7. The Hall–Kier alpha value is -0.160. The molecule has 1 rings (SSSR count). The minimum atomic E-state index is -0.0534. The molecule has 0 aromatic carbocycles. The molecule has 1 saturated heterocycles. The highest BCUT2D eigenvalue weighted by molar-refractivity contribution is 4.70. The molecule has 0 spiro atoms. The summed E-state index contributed by atoms with van der Waals surface area (Å²) in [5, 5.41) is 3.53. The molecular formula is C12H25NO3. The molecule has 0 aromatic rings. The molecule has 0 amide bonds. The lowest BCUT2D eigenvalue weighted by Crippen LogP contribution is -2.36. The smallest absolute Gasteiger partial charge is 0.158 e. The maximum atomic E-state index is 5.48. The fraction of sp³-hybridized carbons (Fsp3) is 1.00. The van der Waals surface area contributed by atoms with Crippen molar-refractivity contribution in [1.29, 1.82) is 0 Å². The summed E-state index contributed by atoms with van der Waals surface area (Å²) in [6.45, 7) is 8.14. The maximum absolute atomic E-state index is 5.48. The van der Waals surface area contributed by atoms with E-state index in [2.05, 4.69) is 5.32 Å². The van der Waals surface area contributed by atoms with Crippen LogP contribution >= 0.6 is 0 Å². The molecule has 1 aliphatic heterocycles. The van der Waals surface area contributed by atoms with Crippen molar-refractivity contribution in [3.63, 3.8) is 0 Å². The van der Waals surface area contributed by atoms with Crippen LogP contribution < -0.4 is 5.32 Å². The molecule has 0 atom stereocenters. The van der Waals surface area contributed by atoms with Crippen LogP contribution in [0.25, 0.3) is 0 Å². The van der Waals surface area contributed by atoms with Crippen LogP contribution in [0.5, 0.6) is 0 Å². The third-order valence-electron chi connectivity index (χ3n) is 2.74. The molecule has 96 valence electrons. The molecule has 0 radical (unpaired) electrons. The van der Waals surface area contributed by atoms with Crippen LogP contribution in [0, 0.1) is 0 Å². The Kier molecular flexibility index (Phi) is 7.76. The largest absolute Gasteiger partial charge is 0.381 e. The molecule has 1 heterocycles. The van der Waals surface area contributed by atoms with Gasteiger partial charge in [-0.3, -0.25) is 0 Å². The number of ether oxygens (including phenoxy) is 3. The Morgan fingerprint density at radius 3 is 2.38 bits per heavy atom. The van der Waals surface area contributed by atoms with E-state index in [0.29, 0.717) is 19.3 Å². The quantitative estimate of drug-likeness (QED) is 0.643. The Labute approximate surface area is 98.6 Å². The first-order valence-corrected chi connectivity index (χ1v) is 6.41. The number of nitrogens with one attached hydrogen (secondary N) is 1. The van der Waals surface area contributed by atoms with Gasteiger partial charge in [-0.1, -0.05) is 0 Å². The van der Waals surface area contributed by atoms with Gasteiger partial charge in [-0.25, -0.2) is 0 Å². The van der Waals surface area contributed by atoms with E-state index < -0.39 is 0 Å². The Balaban J connectivity index is 2.06. The minimum absolute atomic E-state index is 0.0534. The van der Waals surface area contributed by atoms with Crippen molar-refractivity contribution in [2.45, 2.75) is 45.4 Å². The SMILES string of the molecule is CCOC(CCNC1CCOCC1)OCC. The van der Waals surface area contributed by atoms with E-state index in [-0.39, 0.29) is 6.29 Å². The Morgan fingerprint density at radius 1 is 1.19 bits per heavy atom. The Morgan fingerprint density at radius 2 is 1.81 bits per heavy atom. The third-order valence-corrected chi connectivity index (χ3v) is 2.74. The first-order valence-electron chi connectivity index (χ1n) is 6.41. The van der Waals surface area contributed by atoms with Gasteiger partial charge in [-0.05, 0) is 26.7 Å². The van der Waals surface area contributed by atoms with Crippen LogP contribution in [0.3, 0.4) is 0 Å². The molecule has 1 aliphatic rings. The van der Waals surface area contributed by atoms with Crippen LogP contribution in [-0.2, 0) is 14.2 Å². The summed E-state index contributed by atoms with van der Waals surface area (Å²) in [5.41, 5.74) is 0. The normalized spacial score (nSPS) is 18.2. The lowest BCUT2D eigenvalue weighted by molar-refractivity contribution is -0.139. The second-order valence-corrected chi connectivity index (χ2v) is 3.97. The van der Waals surface area contributed by atoms with E-state index in [1.54, 1.807) is 0 Å². The monoisotopic (exact) mass is 231 g/mol. The van der Waals surface area contributed by atoms with Crippen LogP contribution in [0.2, 0.25) is 0 Å². The Bertz CT molecular complexity index is 154. The second kappa shape index (κ2) is 8.93. The van der Waals surface area contributed by atoms with Gasteiger partial charge in [0.15, 0.2) is 6.29 Å². The lowest BCUT2D eigenvalue weighted by Gasteiger charge is -2.24. The lowest BCUT2D eigenvalue weighted by atomic mass is 10.1. The van der Waals surface area contributed by atoms with Gasteiger partial charge in [0.05, 0.1) is 0 Å². The molecule has 0 unspecified atom stereocenters. The second-order valence-electron chi connectivity index (χ2n) is 3.97. The van der Waals surface area contributed by atoms with Gasteiger partial charge in [-0.2, -0.15) is 0 Å². The van der Waals surface area contributed by atoms with Gasteiger partial charge in [0.1, 0.15) is 0 Å². The van der Waals surface area contributed by atoms with E-state index in [1.165, 1.54) is 0 Å². The van der Waals surface area contributed by atoms with Crippen molar-refractivity contribution in [1.82, 2.24) is 5.32 Å². The van der Waals surface area contributed by atoms with Crippen molar-refractivity contribution in [2.75, 3.05) is 33.0 Å². The summed E-state index contributed by atoms with van der Waals surface area (Å²) in [5.74, 6) is 0. The highest BCUT2D eigenvalue weighted by Gasteiger charge is 2.14. The fourth-order valence-electron chi connectivity index (χ4n) is 1.89. The third kappa shape index (κ3) is 5.80. The van der Waals surface area contributed by atoms with Gasteiger partial charge in [0.2, 0.25) is 0 Å². The molecule has 4 nitrogen and oxygen atoms in total. The molecule has 0 aliphatic carbocycles. The van der Waals surface area contributed by atoms with E-state index in [9.17, 15) is 0 Å². The van der Waals surface area contributed by atoms with Crippen molar-refractivity contribution in [3.8, 4) is 0 Å². The van der Waals surface area contributed by atoms with Crippen LogP contribution in [0.4, 0.5) is 0 Å². The highest BCUT2D eigenvalue weighted by Crippen LogP contribution is 2.07. The first-order chi connectivity index (χ1) is 7.86. The van der Waals surface area contributed by atoms with Gasteiger partial charge in [0.25, 0.3) is 0 Å². The zero-order valence-corrected chi connectivity index (χ0v) is 10.5.